The minimum atomic E-state index is -1.26. The summed E-state index contributed by atoms with van der Waals surface area (Å²) in [6.07, 6.45) is 0.503. The molecule has 1 aliphatic rings. The van der Waals surface area contributed by atoms with Gasteiger partial charge in [-0.3, -0.25) is 0 Å². The van der Waals surface area contributed by atoms with E-state index in [9.17, 15) is 19.5 Å². The summed E-state index contributed by atoms with van der Waals surface area (Å²) in [5.74, 6) is -1.36. The summed E-state index contributed by atoms with van der Waals surface area (Å²) < 4.78 is 15.5. The summed E-state index contributed by atoms with van der Waals surface area (Å²) in [5, 5.41) is 14.2. The van der Waals surface area contributed by atoms with Crippen LogP contribution >= 0.6 is 0 Å². The Balaban J connectivity index is 1.43. The van der Waals surface area contributed by atoms with Gasteiger partial charge in [-0.1, -0.05) is 61.2 Å². The fraction of sp³-hybridized carbons (Fsp3) is 0.320. The third-order valence-corrected chi connectivity index (χ3v) is 5.29. The number of alkyl carbamates (subject to hydrolysis) is 2. The lowest BCUT2D eigenvalue weighted by Crippen LogP contribution is -2.44. The van der Waals surface area contributed by atoms with Gasteiger partial charge in [-0.2, -0.15) is 0 Å². The number of hydrogen-bond acceptors (Lipinski definition) is 6. The van der Waals surface area contributed by atoms with Crippen LogP contribution in [0.4, 0.5) is 9.59 Å². The summed E-state index contributed by atoms with van der Waals surface area (Å²) in [7, 11) is 0. The Kier molecular flexibility index (Phi) is 9.04. The summed E-state index contributed by atoms with van der Waals surface area (Å²) in [4.78, 5) is 35.1. The van der Waals surface area contributed by atoms with Gasteiger partial charge in [-0.25, -0.2) is 14.4 Å². The lowest BCUT2D eigenvalue weighted by molar-refractivity contribution is -0.141. The van der Waals surface area contributed by atoms with Crippen molar-refractivity contribution in [1.29, 1.82) is 0 Å². The molecule has 2 amide bonds. The molecule has 9 heteroatoms. The Labute approximate surface area is 197 Å². The first-order valence-electron chi connectivity index (χ1n) is 10.9. The minimum absolute atomic E-state index is 0.0840. The first kappa shape index (κ1) is 24.8. The second-order valence-electron chi connectivity index (χ2n) is 7.60. The van der Waals surface area contributed by atoms with Crippen LogP contribution in [0.5, 0.6) is 0 Å². The van der Waals surface area contributed by atoms with Crippen molar-refractivity contribution in [2.75, 3.05) is 33.0 Å². The van der Waals surface area contributed by atoms with Crippen molar-refractivity contribution in [2.24, 2.45) is 0 Å². The maximum Gasteiger partial charge on any atom is 0.407 e. The molecule has 0 heterocycles. The largest absolute Gasteiger partial charge is 0.480 e. The molecule has 3 rings (SSSR count). The zero-order valence-electron chi connectivity index (χ0n) is 18.7. The third kappa shape index (κ3) is 6.58. The molecule has 2 aromatic carbocycles. The molecule has 0 aromatic heterocycles. The van der Waals surface area contributed by atoms with E-state index in [1.165, 1.54) is 6.08 Å². The summed E-state index contributed by atoms with van der Waals surface area (Å²) in [6.45, 7) is 3.90. The van der Waals surface area contributed by atoms with Crippen LogP contribution < -0.4 is 10.6 Å². The van der Waals surface area contributed by atoms with Gasteiger partial charge in [0.15, 0.2) is 6.04 Å². The molecule has 0 radical (unpaired) electrons. The van der Waals surface area contributed by atoms with E-state index < -0.39 is 24.2 Å². The van der Waals surface area contributed by atoms with Crippen molar-refractivity contribution in [3.8, 4) is 11.1 Å². The Hall–Kier alpha value is -3.85. The number of rotatable bonds is 12. The van der Waals surface area contributed by atoms with E-state index in [-0.39, 0.29) is 32.3 Å². The van der Waals surface area contributed by atoms with Gasteiger partial charge in [0.05, 0.1) is 6.61 Å². The normalized spacial score (nSPS) is 12.7. The van der Waals surface area contributed by atoms with Gasteiger partial charge in [-0.05, 0) is 28.7 Å². The van der Waals surface area contributed by atoms with Gasteiger partial charge in [-0.15, -0.1) is 0 Å². The fourth-order valence-electron chi connectivity index (χ4n) is 3.71. The number of carboxylic acid groups (broad SMARTS) is 1. The number of carbonyl (C=O) groups excluding carboxylic acids is 2. The SMILES string of the molecule is C=CCOC(=O)NCCCOC[C@H](NC(=O)OCC1c2ccccc2-c2ccccc21)C(=O)O. The number of hydrogen-bond donors (Lipinski definition) is 3. The molecule has 2 aromatic rings. The Bertz CT molecular complexity index is 978. The van der Waals surface area contributed by atoms with Crippen molar-refractivity contribution in [1.82, 2.24) is 10.6 Å². The molecule has 0 bridgehead atoms. The molecule has 0 spiro atoms. The lowest BCUT2D eigenvalue weighted by atomic mass is 9.98. The molecule has 3 N–H and O–H groups in total. The molecule has 180 valence electrons. The molecule has 0 saturated heterocycles. The van der Waals surface area contributed by atoms with Crippen molar-refractivity contribution in [3.05, 3.63) is 72.3 Å². The maximum absolute atomic E-state index is 12.3. The predicted octanol–water partition coefficient (Wildman–Crippen LogP) is 3.30. The van der Waals surface area contributed by atoms with Gasteiger partial charge in [0.2, 0.25) is 0 Å². The number of ether oxygens (including phenoxy) is 3. The number of amides is 2. The molecule has 0 aliphatic heterocycles. The Morgan fingerprint density at radius 3 is 2.26 bits per heavy atom. The second kappa shape index (κ2) is 12.4. The average molecular weight is 469 g/mol. The first-order chi connectivity index (χ1) is 16.5. The van der Waals surface area contributed by atoms with Crippen molar-refractivity contribution in [2.45, 2.75) is 18.4 Å². The van der Waals surface area contributed by atoms with Gasteiger partial charge >= 0.3 is 18.2 Å². The van der Waals surface area contributed by atoms with Crippen LogP contribution in [0.3, 0.4) is 0 Å². The monoisotopic (exact) mass is 468 g/mol. The molecule has 0 saturated carbocycles. The van der Waals surface area contributed by atoms with Gasteiger partial charge < -0.3 is 30.0 Å². The number of nitrogens with one attached hydrogen (secondary N) is 2. The molecule has 1 atom stereocenters. The van der Waals surface area contributed by atoms with Gasteiger partial charge in [0.25, 0.3) is 0 Å². The number of benzene rings is 2. The van der Waals surface area contributed by atoms with Crippen LogP contribution in [-0.2, 0) is 19.0 Å². The standard InChI is InChI=1S/C25H28N2O7/c1-2-13-33-24(30)26-12-7-14-32-16-22(23(28)29)27-25(31)34-15-21-19-10-5-3-8-17(19)18-9-4-6-11-20(18)21/h2-6,8-11,21-22H,1,7,12-16H2,(H,26,30)(H,27,31)(H,28,29)/t22-/m0/s1. The molecule has 34 heavy (non-hydrogen) atoms. The highest BCUT2D eigenvalue weighted by Crippen LogP contribution is 2.44. The van der Waals surface area contributed by atoms with Crippen LogP contribution in [0.15, 0.2) is 61.2 Å². The van der Waals surface area contributed by atoms with Crippen molar-refractivity contribution >= 4 is 18.2 Å². The van der Waals surface area contributed by atoms with Crippen molar-refractivity contribution < 1.29 is 33.7 Å². The minimum Gasteiger partial charge on any atom is -0.480 e. The van der Waals surface area contributed by atoms with Gasteiger partial charge in [0.1, 0.15) is 13.2 Å². The molecular formula is C25H28N2O7. The maximum atomic E-state index is 12.3. The van der Waals surface area contributed by atoms with E-state index in [1.54, 1.807) is 0 Å². The van der Waals surface area contributed by atoms with E-state index in [2.05, 4.69) is 17.2 Å². The Morgan fingerprint density at radius 1 is 1.00 bits per heavy atom. The van der Waals surface area contributed by atoms with E-state index >= 15 is 0 Å². The third-order valence-electron chi connectivity index (χ3n) is 5.29. The lowest BCUT2D eigenvalue weighted by Gasteiger charge is -2.17. The first-order valence-corrected chi connectivity index (χ1v) is 10.9. The summed E-state index contributed by atoms with van der Waals surface area (Å²) in [5.41, 5.74) is 4.34. The molecule has 0 fully saturated rings. The van der Waals surface area contributed by atoms with Crippen LogP contribution in [-0.4, -0.2) is 62.3 Å². The van der Waals surface area contributed by atoms with Crippen LogP contribution in [0.1, 0.15) is 23.5 Å². The van der Waals surface area contributed by atoms with E-state index in [4.69, 9.17) is 14.2 Å². The summed E-state index contributed by atoms with van der Waals surface area (Å²) >= 11 is 0. The highest BCUT2D eigenvalue weighted by molar-refractivity contribution is 5.81. The highest BCUT2D eigenvalue weighted by Gasteiger charge is 2.29. The predicted molar refractivity (Wildman–Crippen MR) is 125 cm³/mol. The van der Waals surface area contributed by atoms with Crippen LogP contribution in [0.2, 0.25) is 0 Å². The van der Waals surface area contributed by atoms with Gasteiger partial charge in [0, 0.05) is 19.1 Å². The van der Waals surface area contributed by atoms with E-state index in [0.717, 1.165) is 22.3 Å². The highest BCUT2D eigenvalue weighted by atomic mass is 16.6. The molecule has 9 nitrogen and oxygen atoms in total. The second-order valence-corrected chi connectivity index (χ2v) is 7.60. The van der Waals surface area contributed by atoms with Crippen LogP contribution in [0, 0.1) is 0 Å². The average Bonchev–Trinajstić information content (AvgIpc) is 3.16. The van der Waals surface area contributed by atoms with Crippen LogP contribution in [0.25, 0.3) is 11.1 Å². The molecular weight excluding hydrogens is 440 g/mol. The topological polar surface area (TPSA) is 123 Å². The summed E-state index contributed by atoms with van der Waals surface area (Å²) in [6, 6.07) is 14.6. The fourth-order valence-corrected chi connectivity index (χ4v) is 3.71. The van der Waals surface area contributed by atoms with E-state index in [1.807, 2.05) is 48.5 Å². The number of carbonyl (C=O) groups is 3. The zero-order valence-corrected chi connectivity index (χ0v) is 18.7. The number of carboxylic acids is 1. The molecule has 1 aliphatic carbocycles. The van der Waals surface area contributed by atoms with Crippen molar-refractivity contribution in [3.63, 3.8) is 0 Å². The smallest absolute Gasteiger partial charge is 0.407 e. The zero-order chi connectivity index (χ0) is 24.3. The number of fused-ring (bicyclic) bond motifs is 3. The Morgan fingerprint density at radius 2 is 1.65 bits per heavy atom. The quantitative estimate of drug-likeness (QED) is 0.323. The van der Waals surface area contributed by atoms with E-state index in [0.29, 0.717) is 13.0 Å². The number of aliphatic carboxylic acids is 1. The molecule has 0 unspecified atom stereocenters.